The van der Waals surface area contributed by atoms with E-state index in [9.17, 15) is 9.90 Å². The smallest absolute Gasteiger partial charge is 0.271 e. The van der Waals surface area contributed by atoms with E-state index in [2.05, 4.69) is 15.1 Å². The van der Waals surface area contributed by atoms with Crippen molar-refractivity contribution in [1.29, 1.82) is 0 Å². The summed E-state index contributed by atoms with van der Waals surface area (Å²) >= 11 is 0. The first-order valence-electron chi connectivity index (χ1n) is 10.6. The number of benzene rings is 1. The normalized spacial score (nSPS) is 24.7. The molecule has 0 unspecified atom stereocenters. The maximum Gasteiger partial charge on any atom is 0.271 e. The van der Waals surface area contributed by atoms with Crippen LogP contribution in [0.2, 0.25) is 0 Å². The number of ether oxygens (including phenoxy) is 2. The van der Waals surface area contributed by atoms with Gasteiger partial charge in [0.15, 0.2) is 0 Å². The Balaban J connectivity index is 1.42. The molecule has 2 N–H and O–H groups in total. The average molecular weight is 415 g/mol. The standard InChI is InChI=1S/C22H30N4O4/c1-3-30-16-6-4-15(5-7-16)17-14-18(24-23-17)22(28)25(2)19-8-9-20(21(19)27)26-10-12-29-13-11-26/h4-7,14,19-21,27H,3,8-13H2,1-2H3,(H,23,24)/t19-,20-,21-/m1/s1. The molecule has 1 aliphatic carbocycles. The highest BCUT2D eigenvalue weighted by atomic mass is 16.5. The van der Waals surface area contributed by atoms with Gasteiger partial charge in [-0.1, -0.05) is 0 Å². The second-order valence-electron chi connectivity index (χ2n) is 7.89. The highest BCUT2D eigenvalue weighted by Gasteiger charge is 2.42. The molecule has 1 aliphatic heterocycles. The molecule has 1 aromatic carbocycles. The first-order valence-corrected chi connectivity index (χ1v) is 10.6. The van der Waals surface area contributed by atoms with Gasteiger partial charge < -0.3 is 19.5 Å². The van der Waals surface area contributed by atoms with Crippen molar-refractivity contribution in [2.24, 2.45) is 0 Å². The molecular formula is C22H30N4O4. The molecule has 1 aromatic heterocycles. The van der Waals surface area contributed by atoms with Crippen molar-refractivity contribution in [3.8, 4) is 17.0 Å². The number of carbonyl (C=O) groups excluding carboxylic acids is 1. The lowest BCUT2D eigenvalue weighted by atomic mass is 10.1. The molecular weight excluding hydrogens is 384 g/mol. The molecule has 3 atom stereocenters. The molecule has 0 bridgehead atoms. The Labute approximate surface area is 176 Å². The molecule has 0 spiro atoms. The number of hydrogen-bond acceptors (Lipinski definition) is 6. The van der Waals surface area contributed by atoms with E-state index in [4.69, 9.17) is 9.47 Å². The van der Waals surface area contributed by atoms with Crippen LogP contribution in [0.15, 0.2) is 30.3 Å². The van der Waals surface area contributed by atoms with Gasteiger partial charge in [0.25, 0.3) is 5.91 Å². The number of aromatic amines is 1. The van der Waals surface area contributed by atoms with Crippen LogP contribution >= 0.6 is 0 Å². The summed E-state index contributed by atoms with van der Waals surface area (Å²) in [5.41, 5.74) is 2.03. The van der Waals surface area contributed by atoms with Crippen molar-refractivity contribution in [3.63, 3.8) is 0 Å². The van der Waals surface area contributed by atoms with E-state index in [-0.39, 0.29) is 18.0 Å². The van der Waals surface area contributed by atoms with E-state index in [1.807, 2.05) is 31.2 Å². The van der Waals surface area contributed by atoms with Gasteiger partial charge in [-0.2, -0.15) is 5.10 Å². The topological polar surface area (TPSA) is 90.9 Å². The van der Waals surface area contributed by atoms with Crippen LogP contribution < -0.4 is 4.74 Å². The van der Waals surface area contributed by atoms with E-state index in [1.165, 1.54) is 0 Å². The van der Waals surface area contributed by atoms with E-state index in [1.54, 1.807) is 18.0 Å². The van der Waals surface area contributed by atoms with E-state index in [0.717, 1.165) is 37.2 Å². The predicted molar refractivity (Wildman–Crippen MR) is 112 cm³/mol. The van der Waals surface area contributed by atoms with Crippen molar-refractivity contribution in [3.05, 3.63) is 36.0 Å². The fraction of sp³-hybridized carbons (Fsp3) is 0.545. The van der Waals surface area contributed by atoms with Crippen molar-refractivity contribution in [1.82, 2.24) is 20.0 Å². The number of aliphatic hydroxyl groups excluding tert-OH is 1. The molecule has 2 aliphatic rings. The van der Waals surface area contributed by atoms with Gasteiger partial charge in [-0.25, -0.2) is 0 Å². The van der Waals surface area contributed by atoms with E-state index < -0.39 is 6.10 Å². The Morgan fingerprint density at radius 1 is 1.30 bits per heavy atom. The zero-order valence-corrected chi connectivity index (χ0v) is 17.6. The summed E-state index contributed by atoms with van der Waals surface area (Å²) in [6, 6.07) is 9.26. The minimum Gasteiger partial charge on any atom is -0.494 e. The van der Waals surface area contributed by atoms with Gasteiger partial charge >= 0.3 is 0 Å². The van der Waals surface area contributed by atoms with Crippen LogP contribution in [-0.2, 0) is 4.74 Å². The molecule has 2 fully saturated rings. The van der Waals surface area contributed by atoms with Crippen molar-refractivity contribution >= 4 is 5.91 Å². The number of aliphatic hydroxyl groups is 1. The number of carbonyl (C=O) groups is 1. The summed E-state index contributed by atoms with van der Waals surface area (Å²) in [4.78, 5) is 17.0. The van der Waals surface area contributed by atoms with Crippen LogP contribution in [0.25, 0.3) is 11.3 Å². The lowest BCUT2D eigenvalue weighted by Crippen LogP contribution is -2.51. The quantitative estimate of drug-likeness (QED) is 0.749. The number of nitrogens with zero attached hydrogens (tertiary/aromatic N) is 3. The number of H-pyrrole nitrogens is 1. The number of likely N-dealkylation sites (N-methyl/N-ethyl adjacent to an activating group) is 1. The molecule has 1 saturated heterocycles. The monoisotopic (exact) mass is 414 g/mol. The Morgan fingerprint density at radius 3 is 2.73 bits per heavy atom. The summed E-state index contributed by atoms with van der Waals surface area (Å²) in [6.07, 6.45) is 1.10. The molecule has 30 heavy (non-hydrogen) atoms. The fourth-order valence-electron chi connectivity index (χ4n) is 4.48. The van der Waals surface area contributed by atoms with Gasteiger partial charge in [-0.15, -0.1) is 0 Å². The predicted octanol–water partition coefficient (Wildman–Crippen LogP) is 1.77. The van der Waals surface area contributed by atoms with Crippen molar-refractivity contribution in [2.45, 2.75) is 38.0 Å². The molecule has 8 heteroatoms. The Kier molecular flexibility index (Phi) is 6.36. The van der Waals surface area contributed by atoms with Gasteiger partial charge in [0, 0.05) is 31.7 Å². The molecule has 1 saturated carbocycles. The third-order valence-corrected chi connectivity index (χ3v) is 6.15. The molecule has 1 amide bonds. The zero-order valence-electron chi connectivity index (χ0n) is 17.6. The number of morpholine rings is 1. The van der Waals surface area contributed by atoms with Crippen LogP contribution in [0.1, 0.15) is 30.3 Å². The minimum atomic E-state index is -0.564. The minimum absolute atomic E-state index is 0.0790. The molecule has 8 nitrogen and oxygen atoms in total. The van der Waals surface area contributed by atoms with Gasteiger partial charge in [0.2, 0.25) is 0 Å². The highest BCUT2D eigenvalue weighted by Crippen LogP contribution is 2.30. The van der Waals surface area contributed by atoms with Gasteiger partial charge in [-0.05, 0) is 50.1 Å². The van der Waals surface area contributed by atoms with Crippen LogP contribution in [0, 0.1) is 0 Å². The average Bonchev–Trinajstić information content (AvgIpc) is 3.41. The maximum absolute atomic E-state index is 13.0. The molecule has 162 valence electrons. The highest BCUT2D eigenvalue weighted by molar-refractivity contribution is 5.93. The fourth-order valence-corrected chi connectivity index (χ4v) is 4.48. The van der Waals surface area contributed by atoms with Gasteiger partial charge in [0.1, 0.15) is 11.4 Å². The largest absolute Gasteiger partial charge is 0.494 e. The summed E-state index contributed by atoms with van der Waals surface area (Å²) in [5.74, 6) is 0.643. The van der Waals surface area contributed by atoms with Crippen LogP contribution in [0.4, 0.5) is 0 Å². The second-order valence-corrected chi connectivity index (χ2v) is 7.89. The SMILES string of the molecule is CCOc1ccc(-c2cc(C(=O)N(C)[C@@H]3CC[C@@H](N4CCOCC4)[C@@H]3O)[nH]n2)cc1. The molecule has 2 aromatic rings. The lowest BCUT2D eigenvalue weighted by molar-refractivity contribution is -0.0232. The van der Waals surface area contributed by atoms with Crippen LogP contribution in [0.5, 0.6) is 5.75 Å². The zero-order chi connectivity index (χ0) is 21.1. The number of rotatable bonds is 6. The van der Waals surface area contributed by atoms with Gasteiger partial charge in [-0.3, -0.25) is 14.8 Å². The third-order valence-electron chi connectivity index (χ3n) is 6.15. The number of hydrogen-bond donors (Lipinski definition) is 2. The summed E-state index contributed by atoms with van der Waals surface area (Å²) < 4.78 is 10.9. The lowest BCUT2D eigenvalue weighted by Gasteiger charge is -2.36. The second kappa shape index (κ2) is 9.16. The molecule has 4 rings (SSSR count). The number of aromatic nitrogens is 2. The Hall–Kier alpha value is -2.42. The Morgan fingerprint density at radius 2 is 2.03 bits per heavy atom. The summed E-state index contributed by atoms with van der Waals surface area (Å²) in [6.45, 7) is 5.62. The summed E-state index contributed by atoms with van der Waals surface area (Å²) in [7, 11) is 1.76. The van der Waals surface area contributed by atoms with Gasteiger partial charge in [0.05, 0.1) is 37.7 Å². The van der Waals surface area contributed by atoms with E-state index in [0.29, 0.717) is 31.2 Å². The maximum atomic E-state index is 13.0. The van der Waals surface area contributed by atoms with E-state index >= 15 is 0 Å². The van der Waals surface area contributed by atoms with Crippen LogP contribution in [0.3, 0.4) is 0 Å². The first kappa shape index (κ1) is 20.8. The first-order chi connectivity index (χ1) is 14.6. The number of nitrogens with one attached hydrogen (secondary N) is 1. The number of amides is 1. The third kappa shape index (κ3) is 4.21. The van der Waals surface area contributed by atoms with Crippen molar-refractivity contribution in [2.75, 3.05) is 40.0 Å². The van der Waals surface area contributed by atoms with Crippen molar-refractivity contribution < 1.29 is 19.4 Å². The molecule has 0 radical (unpaired) electrons. The Bertz CT molecular complexity index is 847. The molecule has 2 heterocycles. The summed E-state index contributed by atoms with van der Waals surface area (Å²) in [5, 5.41) is 18.1. The van der Waals surface area contributed by atoms with Crippen LogP contribution in [-0.4, -0.2) is 89.2 Å².